The molecule has 154 valence electrons. The maximum absolute atomic E-state index is 11.9. The molecule has 2 fully saturated rings. The fraction of sp³-hybridized carbons (Fsp3) is 0.750. The molecular formula is C24H34O4. The number of hydrogen-bond acceptors (Lipinski definition) is 4. The highest BCUT2D eigenvalue weighted by molar-refractivity contribution is 5.67. The van der Waals surface area contributed by atoms with Crippen LogP contribution in [-0.4, -0.2) is 24.6 Å². The van der Waals surface area contributed by atoms with E-state index in [-0.39, 0.29) is 39.7 Å². The van der Waals surface area contributed by atoms with Crippen molar-refractivity contribution in [3.05, 3.63) is 23.8 Å². The third-order valence-corrected chi connectivity index (χ3v) is 8.48. The Morgan fingerprint density at radius 2 is 1.82 bits per heavy atom. The number of allylic oxidation sites excluding steroid dienone is 1. The largest absolute Gasteiger partial charge is 0.465 e. The van der Waals surface area contributed by atoms with E-state index < -0.39 is 0 Å². The van der Waals surface area contributed by atoms with Gasteiger partial charge >= 0.3 is 11.9 Å². The fourth-order valence-electron chi connectivity index (χ4n) is 7.33. The Bertz CT molecular complexity index is 767. The lowest BCUT2D eigenvalue weighted by atomic mass is 9.43. The van der Waals surface area contributed by atoms with Crippen LogP contribution in [-0.2, 0) is 19.1 Å². The molecule has 2 saturated carbocycles. The molecule has 0 aromatic heterocycles. The van der Waals surface area contributed by atoms with Gasteiger partial charge in [-0.1, -0.05) is 51.0 Å². The second kappa shape index (κ2) is 6.21. The van der Waals surface area contributed by atoms with E-state index in [1.165, 1.54) is 19.4 Å². The average molecular weight is 387 g/mol. The Labute approximate surface area is 168 Å². The van der Waals surface area contributed by atoms with Crippen molar-refractivity contribution in [2.75, 3.05) is 6.61 Å². The number of carbonyl (C=O) groups is 2. The maximum Gasteiger partial charge on any atom is 0.302 e. The molecule has 0 amide bonds. The predicted molar refractivity (Wildman–Crippen MR) is 107 cm³/mol. The summed E-state index contributed by atoms with van der Waals surface area (Å²) in [5.41, 5.74) is 1.26. The van der Waals surface area contributed by atoms with Crippen LogP contribution in [0.2, 0.25) is 0 Å². The smallest absolute Gasteiger partial charge is 0.302 e. The highest BCUT2D eigenvalue weighted by Crippen LogP contribution is 2.70. The van der Waals surface area contributed by atoms with E-state index >= 15 is 0 Å². The highest BCUT2D eigenvalue weighted by atomic mass is 16.5. The van der Waals surface area contributed by atoms with Crippen molar-refractivity contribution in [1.29, 1.82) is 0 Å². The molecule has 4 rings (SSSR count). The topological polar surface area (TPSA) is 52.6 Å². The average Bonchev–Trinajstić information content (AvgIpc) is 2.76. The summed E-state index contributed by atoms with van der Waals surface area (Å²) in [5, 5.41) is 0. The van der Waals surface area contributed by atoms with Crippen molar-refractivity contribution in [2.45, 2.75) is 79.2 Å². The first-order chi connectivity index (χ1) is 13.1. The normalized spacial score (nSPS) is 46.2. The molecular weight excluding hydrogens is 352 g/mol. The van der Waals surface area contributed by atoms with E-state index in [1.54, 1.807) is 0 Å². The van der Waals surface area contributed by atoms with Crippen LogP contribution in [0.1, 0.15) is 73.1 Å². The Hall–Kier alpha value is -1.58. The molecule has 28 heavy (non-hydrogen) atoms. The van der Waals surface area contributed by atoms with Crippen molar-refractivity contribution >= 4 is 11.9 Å². The number of esters is 2. The van der Waals surface area contributed by atoms with Gasteiger partial charge in [0.2, 0.25) is 0 Å². The molecule has 2 bridgehead atoms. The van der Waals surface area contributed by atoms with Gasteiger partial charge in [-0.25, -0.2) is 0 Å². The predicted octanol–water partition coefficient (Wildman–Crippen LogP) is 4.98. The molecule has 4 heteroatoms. The first-order valence-electron chi connectivity index (χ1n) is 10.8. The molecule has 0 aromatic carbocycles. The third kappa shape index (κ3) is 2.63. The zero-order chi connectivity index (χ0) is 20.4. The van der Waals surface area contributed by atoms with E-state index in [4.69, 9.17) is 9.47 Å². The summed E-state index contributed by atoms with van der Waals surface area (Å²) in [6, 6.07) is 0. The Kier molecular flexibility index (Phi) is 4.37. The summed E-state index contributed by atoms with van der Waals surface area (Å²) in [5.74, 6) is 0.0968. The number of ether oxygens (including phenoxy) is 2. The number of fused-ring (bicyclic) bond motifs is 3. The minimum Gasteiger partial charge on any atom is -0.465 e. The van der Waals surface area contributed by atoms with Crippen LogP contribution in [0.15, 0.2) is 23.8 Å². The molecule has 4 aliphatic carbocycles. The van der Waals surface area contributed by atoms with E-state index in [0.29, 0.717) is 12.5 Å². The maximum atomic E-state index is 11.9. The van der Waals surface area contributed by atoms with Gasteiger partial charge in [0.05, 0.1) is 6.61 Å². The minimum absolute atomic E-state index is 0.00111. The van der Waals surface area contributed by atoms with Crippen LogP contribution < -0.4 is 0 Å². The lowest BCUT2D eigenvalue weighted by Crippen LogP contribution is -2.58. The summed E-state index contributed by atoms with van der Waals surface area (Å²) in [4.78, 5) is 23.4. The van der Waals surface area contributed by atoms with Crippen LogP contribution in [0.3, 0.4) is 0 Å². The zero-order valence-electron chi connectivity index (χ0n) is 18.0. The van der Waals surface area contributed by atoms with Gasteiger partial charge in [0.1, 0.15) is 6.10 Å². The molecule has 1 unspecified atom stereocenters. The molecule has 1 spiro atoms. The first-order valence-corrected chi connectivity index (χ1v) is 10.8. The Morgan fingerprint density at radius 1 is 1.07 bits per heavy atom. The van der Waals surface area contributed by atoms with Gasteiger partial charge in [-0.05, 0) is 43.4 Å². The van der Waals surface area contributed by atoms with Crippen LogP contribution in [0, 0.1) is 27.6 Å². The van der Waals surface area contributed by atoms with Crippen molar-refractivity contribution in [2.24, 2.45) is 27.6 Å². The SMILES string of the molecule is CC(=O)OC[C@@]1(C)CCC[C@@]2(C)C3=CC[C@]4(C)C=C[C@@]3(CC[C@H]12)C4OC(C)=O. The fourth-order valence-corrected chi connectivity index (χ4v) is 7.33. The van der Waals surface area contributed by atoms with Crippen LogP contribution in [0.5, 0.6) is 0 Å². The van der Waals surface area contributed by atoms with Gasteiger partial charge in [0.25, 0.3) is 0 Å². The standard InChI is InChI=1S/C24H34O4/c1-16(25)27-15-22(4)9-6-10-23(5)18(22)8-12-24-14-13-21(3,11-7-19(23)24)20(24)28-17(2)26/h7,13-14,18,20H,6,8-12,15H2,1-5H3/t18-,20?,21-,22-,23-,24-/m1/s1. The second-order valence-electron chi connectivity index (χ2n) is 10.5. The van der Waals surface area contributed by atoms with Gasteiger partial charge in [0, 0.05) is 30.1 Å². The summed E-state index contributed by atoms with van der Waals surface area (Å²) >= 11 is 0. The molecule has 0 saturated heterocycles. The van der Waals surface area contributed by atoms with Gasteiger partial charge in [0.15, 0.2) is 0 Å². The minimum atomic E-state index is -0.193. The van der Waals surface area contributed by atoms with Gasteiger partial charge in [-0.15, -0.1) is 0 Å². The summed E-state index contributed by atoms with van der Waals surface area (Å²) in [7, 11) is 0. The molecule has 4 nitrogen and oxygen atoms in total. The van der Waals surface area contributed by atoms with Gasteiger partial charge in [-0.2, -0.15) is 0 Å². The lowest BCUT2D eigenvalue weighted by molar-refractivity contribution is -0.164. The summed E-state index contributed by atoms with van der Waals surface area (Å²) < 4.78 is 11.5. The molecule has 0 radical (unpaired) electrons. The molecule has 0 heterocycles. The van der Waals surface area contributed by atoms with Gasteiger partial charge in [-0.3, -0.25) is 9.59 Å². The Morgan fingerprint density at radius 3 is 2.50 bits per heavy atom. The third-order valence-electron chi connectivity index (χ3n) is 8.48. The van der Waals surface area contributed by atoms with Crippen molar-refractivity contribution < 1.29 is 19.1 Å². The monoisotopic (exact) mass is 386 g/mol. The molecule has 0 aromatic rings. The molecule has 0 N–H and O–H groups in total. The number of carbonyl (C=O) groups excluding carboxylic acids is 2. The van der Waals surface area contributed by atoms with Crippen molar-refractivity contribution in [1.82, 2.24) is 0 Å². The van der Waals surface area contributed by atoms with Crippen LogP contribution in [0.4, 0.5) is 0 Å². The van der Waals surface area contributed by atoms with Crippen LogP contribution >= 0.6 is 0 Å². The second-order valence-corrected chi connectivity index (χ2v) is 10.5. The van der Waals surface area contributed by atoms with Gasteiger partial charge < -0.3 is 9.47 Å². The molecule has 4 aliphatic rings. The summed E-state index contributed by atoms with van der Waals surface area (Å²) in [6.07, 6.45) is 13.4. The van der Waals surface area contributed by atoms with E-state index in [9.17, 15) is 9.59 Å². The van der Waals surface area contributed by atoms with Crippen molar-refractivity contribution in [3.8, 4) is 0 Å². The van der Waals surface area contributed by atoms with E-state index in [2.05, 4.69) is 39.0 Å². The summed E-state index contributed by atoms with van der Waals surface area (Å²) in [6.45, 7) is 10.5. The van der Waals surface area contributed by atoms with E-state index in [0.717, 1.165) is 38.5 Å². The highest BCUT2D eigenvalue weighted by Gasteiger charge is 2.65. The lowest BCUT2D eigenvalue weighted by Gasteiger charge is -2.62. The molecule has 6 atom stereocenters. The molecule has 0 aliphatic heterocycles. The van der Waals surface area contributed by atoms with Crippen LogP contribution in [0.25, 0.3) is 0 Å². The Balaban J connectivity index is 1.73. The van der Waals surface area contributed by atoms with Crippen molar-refractivity contribution in [3.63, 3.8) is 0 Å². The number of rotatable bonds is 3. The number of hydrogen-bond donors (Lipinski definition) is 0. The first kappa shape index (κ1) is 19.7. The van der Waals surface area contributed by atoms with E-state index in [1.807, 2.05) is 0 Å². The zero-order valence-corrected chi connectivity index (χ0v) is 18.0. The quantitative estimate of drug-likeness (QED) is 0.507.